The lowest BCUT2D eigenvalue weighted by molar-refractivity contribution is 0.601. The van der Waals surface area contributed by atoms with E-state index >= 15 is 0 Å². The van der Waals surface area contributed by atoms with Crippen molar-refractivity contribution in [2.45, 2.75) is 25.2 Å². The number of rotatable bonds is 6. The molecular formula is C25H24O2S. The van der Waals surface area contributed by atoms with Gasteiger partial charge < -0.3 is 0 Å². The van der Waals surface area contributed by atoms with Crippen LogP contribution in [0.1, 0.15) is 28.7 Å². The lowest BCUT2D eigenvalue weighted by Gasteiger charge is -2.17. The van der Waals surface area contributed by atoms with E-state index in [9.17, 15) is 8.42 Å². The summed E-state index contributed by atoms with van der Waals surface area (Å²) >= 11 is 0. The highest BCUT2D eigenvalue weighted by Crippen LogP contribution is 2.35. The fraction of sp³-hybridized carbons (Fsp3) is 0.120. The Morgan fingerprint density at radius 1 is 0.786 bits per heavy atom. The van der Waals surface area contributed by atoms with Gasteiger partial charge in [-0.05, 0) is 37.1 Å². The first-order chi connectivity index (χ1) is 13.4. The number of sulfone groups is 1. The highest BCUT2D eigenvalue weighted by Gasteiger charge is 2.25. The molecule has 0 aliphatic carbocycles. The van der Waals surface area contributed by atoms with E-state index in [1.165, 1.54) is 0 Å². The standard InChI is InChI=1S/C25H24O2S/c1-4-8-24(28(26,27)23-17-13-20(3)14-18-23)25(21-9-6-5-7-10-21)22-15-11-19(2)12-16-22/h4-7,9-18H,1,8H2,2-3H3/b25-24+. The first kappa shape index (κ1) is 19.8. The van der Waals surface area contributed by atoms with Gasteiger partial charge in [0.1, 0.15) is 0 Å². The van der Waals surface area contributed by atoms with Gasteiger partial charge in [0.25, 0.3) is 0 Å². The fourth-order valence-corrected chi connectivity index (χ4v) is 4.77. The van der Waals surface area contributed by atoms with Crippen LogP contribution < -0.4 is 0 Å². The molecule has 0 saturated heterocycles. The van der Waals surface area contributed by atoms with E-state index < -0.39 is 9.84 Å². The first-order valence-corrected chi connectivity index (χ1v) is 10.7. The molecule has 0 saturated carbocycles. The molecule has 28 heavy (non-hydrogen) atoms. The molecule has 3 aromatic carbocycles. The van der Waals surface area contributed by atoms with Crippen LogP contribution in [-0.2, 0) is 9.84 Å². The molecule has 0 spiro atoms. The van der Waals surface area contributed by atoms with Crippen molar-refractivity contribution >= 4 is 15.4 Å². The molecular weight excluding hydrogens is 364 g/mol. The Morgan fingerprint density at radius 2 is 1.29 bits per heavy atom. The molecule has 0 heterocycles. The SMILES string of the molecule is C=CC/C(=C(/c1ccccc1)c1ccc(C)cc1)S(=O)(=O)c1ccc(C)cc1. The maximum absolute atomic E-state index is 13.6. The van der Waals surface area contributed by atoms with Gasteiger partial charge in [-0.25, -0.2) is 8.42 Å². The Morgan fingerprint density at radius 3 is 1.82 bits per heavy atom. The summed E-state index contributed by atoms with van der Waals surface area (Å²) < 4.78 is 27.2. The van der Waals surface area contributed by atoms with Crippen molar-refractivity contribution in [3.8, 4) is 0 Å². The summed E-state index contributed by atoms with van der Waals surface area (Å²) in [6.45, 7) is 7.77. The molecule has 0 unspecified atom stereocenters. The van der Waals surface area contributed by atoms with E-state index in [4.69, 9.17) is 0 Å². The quantitative estimate of drug-likeness (QED) is 0.477. The average Bonchev–Trinajstić information content (AvgIpc) is 2.70. The monoisotopic (exact) mass is 388 g/mol. The Hall–Kier alpha value is -2.91. The van der Waals surface area contributed by atoms with Gasteiger partial charge in [-0.15, -0.1) is 6.58 Å². The van der Waals surface area contributed by atoms with Gasteiger partial charge in [-0.2, -0.15) is 0 Å². The van der Waals surface area contributed by atoms with Crippen molar-refractivity contribution in [1.29, 1.82) is 0 Å². The molecule has 0 radical (unpaired) electrons. The maximum Gasteiger partial charge on any atom is 0.203 e. The second kappa shape index (κ2) is 8.41. The number of hydrogen-bond donors (Lipinski definition) is 0. The summed E-state index contributed by atoms with van der Waals surface area (Å²) in [6.07, 6.45) is 1.91. The summed E-state index contributed by atoms with van der Waals surface area (Å²) in [5.41, 5.74) is 4.63. The van der Waals surface area contributed by atoms with Crippen molar-refractivity contribution < 1.29 is 8.42 Å². The van der Waals surface area contributed by atoms with Crippen molar-refractivity contribution in [2.75, 3.05) is 0 Å². The van der Waals surface area contributed by atoms with Crippen LogP contribution in [0, 0.1) is 13.8 Å². The molecule has 0 aliphatic rings. The highest BCUT2D eigenvalue weighted by atomic mass is 32.2. The number of hydrogen-bond acceptors (Lipinski definition) is 2. The average molecular weight is 389 g/mol. The zero-order valence-corrected chi connectivity index (χ0v) is 17.0. The Labute approximate surface area is 167 Å². The molecule has 3 rings (SSSR count). The normalized spacial score (nSPS) is 12.4. The molecule has 0 aliphatic heterocycles. The predicted molar refractivity (Wildman–Crippen MR) is 117 cm³/mol. The molecule has 3 aromatic rings. The third-order valence-electron chi connectivity index (χ3n) is 4.67. The molecule has 0 aromatic heterocycles. The number of benzene rings is 3. The van der Waals surface area contributed by atoms with Gasteiger partial charge in [0, 0.05) is 12.0 Å². The van der Waals surface area contributed by atoms with Crippen LogP contribution in [0.5, 0.6) is 0 Å². The Bertz CT molecular complexity index is 1090. The maximum atomic E-state index is 13.6. The Balaban J connectivity index is 2.33. The molecule has 0 bridgehead atoms. The summed E-state index contributed by atoms with van der Waals surface area (Å²) in [4.78, 5) is 0.664. The predicted octanol–water partition coefficient (Wildman–Crippen LogP) is 6.11. The van der Waals surface area contributed by atoms with Crippen LogP contribution in [0.3, 0.4) is 0 Å². The summed E-state index contributed by atoms with van der Waals surface area (Å²) in [5, 5.41) is 0. The molecule has 2 nitrogen and oxygen atoms in total. The topological polar surface area (TPSA) is 34.1 Å². The van der Waals surface area contributed by atoms with Gasteiger partial charge in [-0.3, -0.25) is 0 Å². The molecule has 3 heteroatoms. The van der Waals surface area contributed by atoms with Gasteiger partial charge in [0.2, 0.25) is 9.84 Å². The van der Waals surface area contributed by atoms with Crippen molar-refractivity contribution in [1.82, 2.24) is 0 Å². The minimum atomic E-state index is -3.68. The van der Waals surface area contributed by atoms with E-state index in [0.29, 0.717) is 9.80 Å². The fourth-order valence-electron chi connectivity index (χ4n) is 3.15. The van der Waals surface area contributed by atoms with Gasteiger partial charge in [0.05, 0.1) is 9.80 Å². The highest BCUT2D eigenvalue weighted by molar-refractivity contribution is 7.95. The van der Waals surface area contributed by atoms with Gasteiger partial charge in [-0.1, -0.05) is 83.9 Å². The van der Waals surface area contributed by atoms with E-state index in [2.05, 4.69) is 6.58 Å². The van der Waals surface area contributed by atoms with E-state index in [1.807, 2.05) is 80.6 Å². The van der Waals surface area contributed by atoms with Crippen LogP contribution in [-0.4, -0.2) is 8.42 Å². The third kappa shape index (κ3) is 4.15. The van der Waals surface area contributed by atoms with Crippen LogP contribution in [0.25, 0.3) is 5.57 Å². The molecule has 0 fully saturated rings. The minimum Gasteiger partial charge on any atom is -0.219 e. The van der Waals surface area contributed by atoms with Crippen LogP contribution in [0.2, 0.25) is 0 Å². The minimum absolute atomic E-state index is 0.258. The van der Waals surface area contributed by atoms with Gasteiger partial charge >= 0.3 is 0 Å². The van der Waals surface area contributed by atoms with Crippen molar-refractivity contribution in [2.24, 2.45) is 0 Å². The second-order valence-electron chi connectivity index (χ2n) is 6.84. The largest absolute Gasteiger partial charge is 0.219 e. The molecule has 142 valence electrons. The lowest BCUT2D eigenvalue weighted by Crippen LogP contribution is -2.08. The van der Waals surface area contributed by atoms with E-state index in [0.717, 1.165) is 27.8 Å². The van der Waals surface area contributed by atoms with Crippen LogP contribution >= 0.6 is 0 Å². The summed E-state index contributed by atoms with van der Waals surface area (Å²) in [6, 6.07) is 24.6. The van der Waals surface area contributed by atoms with E-state index in [1.54, 1.807) is 18.2 Å². The van der Waals surface area contributed by atoms with Crippen molar-refractivity contribution in [3.05, 3.63) is 119 Å². The third-order valence-corrected chi connectivity index (χ3v) is 6.58. The van der Waals surface area contributed by atoms with E-state index in [-0.39, 0.29) is 6.42 Å². The van der Waals surface area contributed by atoms with Crippen LogP contribution in [0.4, 0.5) is 0 Å². The first-order valence-electron chi connectivity index (χ1n) is 9.22. The summed E-state index contributed by atoms with van der Waals surface area (Å²) in [7, 11) is -3.68. The van der Waals surface area contributed by atoms with Crippen molar-refractivity contribution in [3.63, 3.8) is 0 Å². The number of allylic oxidation sites excluding steroid dienone is 2. The second-order valence-corrected chi connectivity index (χ2v) is 8.81. The van der Waals surface area contributed by atoms with Crippen LogP contribution in [0.15, 0.2) is 101 Å². The zero-order valence-electron chi connectivity index (χ0n) is 16.2. The lowest BCUT2D eigenvalue weighted by atomic mass is 9.96. The smallest absolute Gasteiger partial charge is 0.203 e. The van der Waals surface area contributed by atoms with Gasteiger partial charge in [0.15, 0.2) is 0 Å². The molecule has 0 amide bonds. The zero-order chi connectivity index (χ0) is 20.1. The molecule has 0 N–H and O–H groups in total. The summed E-state index contributed by atoms with van der Waals surface area (Å²) in [5.74, 6) is 0. The molecule has 0 atom stereocenters. The number of aryl methyl sites for hydroxylation is 2. The Kier molecular flexibility index (Phi) is 5.96.